The molecule has 38 heavy (non-hydrogen) atoms. The molecule has 2 aromatic carbocycles. The molecule has 1 fully saturated rings. The first-order valence-corrected chi connectivity index (χ1v) is 12.9. The summed E-state index contributed by atoms with van der Waals surface area (Å²) in [6, 6.07) is 12.9. The number of aromatic nitrogens is 2. The van der Waals surface area contributed by atoms with Crippen LogP contribution in [0.15, 0.2) is 48.5 Å². The second-order valence-electron chi connectivity index (χ2n) is 9.46. The SMILES string of the molecule is CCNC(=O)Nc1ccc(-c2nc3c(c(N4CCOCC4C)n2)CCN(C(=O)c2ccc(F)cc2)C3)cc1. The molecule has 0 aliphatic carbocycles. The molecular formula is C28H31FN6O3. The molecule has 3 heterocycles. The molecule has 0 saturated carbocycles. The topological polar surface area (TPSA) is 99.7 Å². The van der Waals surface area contributed by atoms with Gasteiger partial charge < -0.3 is 25.2 Å². The fourth-order valence-corrected chi connectivity index (χ4v) is 4.81. The van der Waals surface area contributed by atoms with Crippen molar-refractivity contribution in [1.82, 2.24) is 20.2 Å². The summed E-state index contributed by atoms with van der Waals surface area (Å²) in [6.07, 6.45) is 0.622. The van der Waals surface area contributed by atoms with Gasteiger partial charge in [0.05, 0.1) is 31.5 Å². The van der Waals surface area contributed by atoms with E-state index in [1.165, 1.54) is 24.3 Å². The number of morpholine rings is 1. The van der Waals surface area contributed by atoms with E-state index in [0.29, 0.717) is 56.3 Å². The Morgan fingerprint density at radius 1 is 1.08 bits per heavy atom. The van der Waals surface area contributed by atoms with Gasteiger partial charge in [0.25, 0.3) is 5.91 Å². The van der Waals surface area contributed by atoms with Gasteiger partial charge in [-0.2, -0.15) is 0 Å². The van der Waals surface area contributed by atoms with Crippen LogP contribution < -0.4 is 15.5 Å². The van der Waals surface area contributed by atoms with Crippen molar-refractivity contribution in [2.45, 2.75) is 32.9 Å². The normalized spacial score (nSPS) is 17.1. The van der Waals surface area contributed by atoms with Crippen LogP contribution in [0.1, 0.15) is 35.5 Å². The number of nitrogens with one attached hydrogen (secondary N) is 2. The lowest BCUT2D eigenvalue weighted by Crippen LogP contribution is -2.45. The molecule has 0 radical (unpaired) electrons. The van der Waals surface area contributed by atoms with Gasteiger partial charge in [0, 0.05) is 42.0 Å². The number of ether oxygens (including phenoxy) is 1. The molecule has 9 nitrogen and oxygen atoms in total. The van der Waals surface area contributed by atoms with Crippen molar-refractivity contribution in [3.05, 3.63) is 71.2 Å². The number of hydrogen-bond donors (Lipinski definition) is 2. The first-order valence-electron chi connectivity index (χ1n) is 12.9. The number of amides is 3. The van der Waals surface area contributed by atoms with Crippen molar-refractivity contribution >= 4 is 23.4 Å². The first kappa shape index (κ1) is 25.6. The van der Waals surface area contributed by atoms with Crippen LogP contribution in [0.2, 0.25) is 0 Å². The number of rotatable bonds is 5. The molecule has 10 heteroatoms. The van der Waals surface area contributed by atoms with Gasteiger partial charge >= 0.3 is 6.03 Å². The summed E-state index contributed by atoms with van der Waals surface area (Å²) in [7, 11) is 0. The molecule has 1 unspecified atom stereocenters. The summed E-state index contributed by atoms with van der Waals surface area (Å²) in [4.78, 5) is 39.0. The fraction of sp³-hybridized carbons (Fsp3) is 0.357. The summed E-state index contributed by atoms with van der Waals surface area (Å²) in [5.41, 5.74) is 3.76. The molecule has 0 spiro atoms. The van der Waals surface area contributed by atoms with Crippen molar-refractivity contribution < 1.29 is 18.7 Å². The second kappa shape index (κ2) is 11.1. The molecule has 0 bridgehead atoms. The summed E-state index contributed by atoms with van der Waals surface area (Å²) in [5, 5.41) is 5.51. The van der Waals surface area contributed by atoms with E-state index < -0.39 is 0 Å². The van der Waals surface area contributed by atoms with E-state index in [4.69, 9.17) is 14.7 Å². The Hall–Kier alpha value is -4.05. The highest BCUT2D eigenvalue weighted by molar-refractivity contribution is 5.94. The van der Waals surface area contributed by atoms with Gasteiger partial charge in [-0.05, 0) is 68.8 Å². The zero-order chi connectivity index (χ0) is 26.6. The molecule has 1 aromatic heterocycles. The molecule has 3 amide bonds. The van der Waals surface area contributed by atoms with E-state index in [1.54, 1.807) is 4.90 Å². The standard InChI is InChI=1S/C28H31FN6O3/c1-3-30-28(37)31-22-10-6-19(7-11-22)25-32-24-16-34(27(36)20-4-8-21(29)9-5-20)13-12-23(24)26(33-25)35-14-15-38-17-18(35)2/h4-11,18H,3,12-17H2,1-2H3,(H2,30,31,37). The summed E-state index contributed by atoms with van der Waals surface area (Å²) < 4.78 is 19.0. The molecule has 5 rings (SSSR count). The number of carbonyl (C=O) groups excluding carboxylic acids is 2. The fourth-order valence-electron chi connectivity index (χ4n) is 4.81. The molecule has 2 aliphatic heterocycles. The summed E-state index contributed by atoms with van der Waals surface area (Å²) >= 11 is 0. The Morgan fingerprint density at radius 3 is 2.55 bits per heavy atom. The largest absolute Gasteiger partial charge is 0.377 e. The summed E-state index contributed by atoms with van der Waals surface area (Å²) in [5.74, 6) is 0.898. The number of benzene rings is 2. The van der Waals surface area contributed by atoms with Crippen LogP contribution in [0.4, 0.5) is 20.7 Å². The molecule has 3 aromatic rings. The zero-order valence-corrected chi connectivity index (χ0v) is 21.5. The predicted molar refractivity (Wildman–Crippen MR) is 143 cm³/mol. The Bertz CT molecular complexity index is 1320. The number of urea groups is 1. The van der Waals surface area contributed by atoms with Crippen molar-refractivity contribution in [1.29, 1.82) is 0 Å². The van der Waals surface area contributed by atoms with Crippen LogP contribution in [0, 0.1) is 5.82 Å². The number of halogens is 1. The Morgan fingerprint density at radius 2 is 1.84 bits per heavy atom. The third kappa shape index (κ3) is 5.45. The van der Waals surface area contributed by atoms with E-state index in [9.17, 15) is 14.0 Å². The van der Waals surface area contributed by atoms with Crippen LogP contribution in [0.5, 0.6) is 0 Å². The minimum atomic E-state index is -0.376. The van der Waals surface area contributed by atoms with Crippen molar-refractivity contribution in [3.8, 4) is 11.4 Å². The molecule has 2 aliphatic rings. The molecule has 198 valence electrons. The van der Waals surface area contributed by atoms with Gasteiger partial charge in [-0.15, -0.1) is 0 Å². The van der Waals surface area contributed by atoms with Crippen LogP contribution in [0.25, 0.3) is 11.4 Å². The van der Waals surface area contributed by atoms with Gasteiger partial charge in [-0.1, -0.05) is 0 Å². The molecular weight excluding hydrogens is 487 g/mol. The maximum absolute atomic E-state index is 13.4. The molecule has 1 atom stereocenters. The van der Waals surface area contributed by atoms with Crippen LogP contribution in [-0.2, 0) is 17.7 Å². The third-order valence-electron chi connectivity index (χ3n) is 6.80. The Balaban J connectivity index is 1.47. The maximum atomic E-state index is 13.4. The smallest absolute Gasteiger partial charge is 0.319 e. The van der Waals surface area contributed by atoms with E-state index in [1.807, 2.05) is 31.2 Å². The highest BCUT2D eigenvalue weighted by Crippen LogP contribution is 2.32. The number of hydrogen-bond acceptors (Lipinski definition) is 6. The lowest BCUT2D eigenvalue weighted by atomic mass is 10.0. The second-order valence-corrected chi connectivity index (χ2v) is 9.46. The zero-order valence-electron chi connectivity index (χ0n) is 21.5. The highest BCUT2D eigenvalue weighted by Gasteiger charge is 2.30. The van der Waals surface area contributed by atoms with Crippen molar-refractivity contribution in [3.63, 3.8) is 0 Å². The maximum Gasteiger partial charge on any atom is 0.319 e. The van der Waals surface area contributed by atoms with Gasteiger partial charge in [-0.3, -0.25) is 4.79 Å². The van der Waals surface area contributed by atoms with Gasteiger partial charge in [0.15, 0.2) is 5.82 Å². The van der Waals surface area contributed by atoms with Crippen molar-refractivity contribution in [2.24, 2.45) is 0 Å². The predicted octanol–water partition coefficient (Wildman–Crippen LogP) is 3.85. The van der Waals surface area contributed by atoms with E-state index >= 15 is 0 Å². The number of nitrogens with zero attached hydrogens (tertiary/aromatic N) is 4. The van der Waals surface area contributed by atoms with E-state index in [2.05, 4.69) is 22.5 Å². The third-order valence-corrected chi connectivity index (χ3v) is 6.80. The number of fused-ring (bicyclic) bond motifs is 1. The van der Waals surface area contributed by atoms with Gasteiger partial charge in [-0.25, -0.2) is 19.2 Å². The molecule has 2 N–H and O–H groups in total. The Labute approximate surface area is 221 Å². The van der Waals surface area contributed by atoms with Crippen LogP contribution in [-0.4, -0.2) is 65.7 Å². The van der Waals surface area contributed by atoms with Crippen LogP contribution >= 0.6 is 0 Å². The van der Waals surface area contributed by atoms with Gasteiger partial charge in [0.2, 0.25) is 0 Å². The van der Waals surface area contributed by atoms with Crippen molar-refractivity contribution in [2.75, 3.05) is 43.1 Å². The lowest BCUT2D eigenvalue weighted by Gasteiger charge is -2.38. The Kier molecular flexibility index (Phi) is 7.50. The number of anilines is 2. The van der Waals surface area contributed by atoms with E-state index in [-0.39, 0.29) is 23.8 Å². The quantitative estimate of drug-likeness (QED) is 0.532. The lowest BCUT2D eigenvalue weighted by molar-refractivity contribution is 0.0731. The minimum Gasteiger partial charge on any atom is -0.377 e. The van der Waals surface area contributed by atoms with E-state index in [0.717, 1.165) is 29.2 Å². The summed E-state index contributed by atoms with van der Waals surface area (Å²) in [6.45, 7) is 7.33. The molecule has 1 saturated heterocycles. The average molecular weight is 519 g/mol. The van der Waals surface area contributed by atoms with Crippen LogP contribution in [0.3, 0.4) is 0 Å². The average Bonchev–Trinajstić information content (AvgIpc) is 2.93. The van der Waals surface area contributed by atoms with Gasteiger partial charge in [0.1, 0.15) is 11.6 Å². The first-order chi connectivity index (χ1) is 18.4. The number of carbonyl (C=O) groups is 2. The highest BCUT2D eigenvalue weighted by atomic mass is 19.1. The minimum absolute atomic E-state index is 0.151. The monoisotopic (exact) mass is 518 g/mol.